The number of anilines is 1. The van der Waals surface area contributed by atoms with Crippen LogP contribution in [0.5, 0.6) is 0 Å². The molecule has 6 nitrogen and oxygen atoms in total. The van der Waals surface area contributed by atoms with Crippen LogP contribution in [0.15, 0.2) is 133 Å². The lowest BCUT2D eigenvalue weighted by molar-refractivity contribution is 0.0509. The Labute approximate surface area is 301 Å². The predicted octanol–water partition coefficient (Wildman–Crippen LogP) is 9.26. The molecular weight excluding hydrogens is 639 g/mol. The van der Waals surface area contributed by atoms with Crippen molar-refractivity contribution in [3.8, 4) is 0 Å². The normalized spacial score (nSPS) is 12.2. The maximum Gasteiger partial charge on any atom is 0.407 e. The average Bonchev–Trinajstić information content (AvgIpc) is 3.11. The van der Waals surface area contributed by atoms with Crippen LogP contribution in [0.1, 0.15) is 64.5 Å². The SMILES string of the molecule is Cc1cccc(NC(=O)c2cccc(CNC[C@H](CSC(c3ccccc3)(c3ccccc3)c3ccccc3)NC(=O)OC(C)(C)C)c2)c1C. The second-order valence-electron chi connectivity index (χ2n) is 13.5. The van der Waals surface area contributed by atoms with Crippen LogP contribution in [0.4, 0.5) is 10.5 Å². The molecule has 0 radical (unpaired) electrons. The first kappa shape index (κ1) is 36.4. The fraction of sp³-hybridized carbons (Fsp3) is 0.256. The summed E-state index contributed by atoms with van der Waals surface area (Å²) >= 11 is 1.79. The van der Waals surface area contributed by atoms with E-state index in [4.69, 9.17) is 4.74 Å². The molecule has 0 aliphatic carbocycles. The van der Waals surface area contributed by atoms with Gasteiger partial charge >= 0.3 is 6.09 Å². The number of nitrogens with one attached hydrogen (secondary N) is 3. The molecule has 5 aromatic carbocycles. The van der Waals surface area contributed by atoms with Gasteiger partial charge in [-0.15, -0.1) is 11.8 Å². The highest BCUT2D eigenvalue weighted by molar-refractivity contribution is 8.00. The number of benzene rings is 5. The molecule has 5 aromatic rings. The Morgan fingerprint density at radius 2 is 1.28 bits per heavy atom. The van der Waals surface area contributed by atoms with E-state index < -0.39 is 16.4 Å². The van der Waals surface area contributed by atoms with Crippen LogP contribution in [0.2, 0.25) is 0 Å². The first-order valence-electron chi connectivity index (χ1n) is 17.0. The van der Waals surface area contributed by atoms with E-state index in [0.717, 1.165) is 39.1 Å². The summed E-state index contributed by atoms with van der Waals surface area (Å²) in [6.07, 6.45) is -0.459. The molecule has 0 fully saturated rings. The summed E-state index contributed by atoms with van der Waals surface area (Å²) in [5.74, 6) is 0.434. The van der Waals surface area contributed by atoms with Gasteiger partial charge in [0.2, 0.25) is 0 Å². The van der Waals surface area contributed by atoms with E-state index in [2.05, 4.69) is 88.7 Å². The Bertz CT molecular complexity index is 1760. The van der Waals surface area contributed by atoms with Crippen molar-refractivity contribution >= 4 is 29.4 Å². The van der Waals surface area contributed by atoms with Crippen LogP contribution >= 0.6 is 11.8 Å². The average molecular weight is 686 g/mol. The molecule has 2 amide bonds. The molecule has 0 unspecified atom stereocenters. The van der Waals surface area contributed by atoms with Crippen molar-refractivity contribution in [1.29, 1.82) is 0 Å². The number of carbonyl (C=O) groups is 2. The molecule has 0 saturated heterocycles. The lowest BCUT2D eigenvalue weighted by atomic mass is 9.84. The van der Waals surface area contributed by atoms with Gasteiger partial charge in [-0.1, -0.05) is 115 Å². The van der Waals surface area contributed by atoms with Crippen LogP contribution < -0.4 is 16.0 Å². The van der Waals surface area contributed by atoms with Crippen LogP contribution in [0, 0.1) is 13.8 Å². The smallest absolute Gasteiger partial charge is 0.407 e. The van der Waals surface area contributed by atoms with Crippen molar-refractivity contribution in [3.05, 3.63) is 172 Å². The summed E-state index contributed by atoms with van der Waals surface area (Å²) in [5, 5.41) is 9.74. The molecule has 7 heteroatoms. The molecule has 50 heavy (non-hydrogen) atoms. The lowest BCUT2D eigenvalue weighted by Crippen LogP contribution is -2.46. The number of aryl methyl sites for hydroxylation is 1. The van der Waals surface area contributed by atoms with Gasteiger partial charge in [-0.05, 0) is 86.2 Å². The molecule has 0 spiro atoms. The van der Waals surface area contributed by atoms with E-state index in [9.17, 15) is 9.59 Å². The Hall–Kier alpha value is -4.85. The van der Waals surface area contributed by atoms with Crippen molar-refractivity contribution in [2.24, 2.45) is 0 Å². The van der Waals surface area contributed by atoms with Crippen molar-refractivity contribution < 1.29 is 14.3 Å². The number of thioether (sulfide) groups is 1. The summed E-state index contributed by atoms with van der Waals surface area (Å²) in [7, 11) is 0. The second-order valence-corrected chi connectivity index (χ2v) is 14.7. The monoisotopic (exact) mass is 685 g/mol. The summed E-state index contributed by atoms with van der Waals surface area (Å²) < 4.78 is 5.16. The van der Waals surface area contributed by atoms with Gasteiger partial charge in [0.25, 0.3) is 5.91 Å². The van der Waals surface area contributed by atoms with Gasteiger partial charge < -0.3 is 20.7 Å². The first-order chi connectivity index (χ1) is 24.0. The van der Waals surface area contributed by atoms with Gasteiger partial charge in [0.15, 0.2) is 0 Å². The van der Waals surface area contributed by atoms with Crippen molar-refractivity contribution in [2.45, 2.75) is 57.6 Å². The third-order valence-corrected chi connectivity index (χ3v) is 10.2. The van der Waals surface area contributed by atoms with E-state index >= 15 is 0 Å². The van der Waals surface area contributed by atoms with E-state index in [1.54, 1.807) is 11.8 Å². The van der Waals surface area contributed by atoms with Crippen LogP contribution in [-0.2, 0) is 16.0 Å². The van der Waals surface area contributed by atoms with E-state index in [1.165, 1.54) is 0 Å². The number of hydrogen-bond donors (Lipinski definition) is 3. The summed E-state index contributed by atoms with van der Waals surface area (Å²) in [6, 6.07) is 44.8. The molecule has 0 aliphatic rings. The Kier molecular flexibility index (Phi) is 12.2. The molecule has 5 rings (SSSR count). The summed E-state index contributed by atoms with van der Waals surface area (Å²) in [5.41, 5.74) is 7.38. The number of amides is 2. The molecule has 1 atom stereocenters. The highest BCUT2D eigenvalue weighted by Gasteiger charge is 2.37. The molecule has 0 heterocycles. The van der Waals surface area contributed by atoms with Gasteiger partial charge in [0.05, 0.1) is 10.8 Å². The zero-order valence-electron chi connectivity index (χ0n) is 29.5. The third-order valence-electron chi connectivity index (χ3n) is 8.52. The fourth-order valence-electron chi connectivity index (χ4n) is 5.91. The molecule has 3 N–H and O–H groups in total. The van der Waals surface area contributed by atoms with Crippen LogP contribution in [0.3, 0.4) is 0 Å². The van der Waals surface area contributed by atoms with Crippen molar-refractivity contribution in [3.63, 3.8) is 0 Å². The second kappa shape index (κ2) is 16.7. The summed E-state index contributed by atoms with van der Waals surface area (Å²) in [4.78, 5) is 26.3. The number of hydrogen-bond acceptors (Lipinski definition) is 5. The molecule has 0 saturated carbocycles. The number of carbonyl (C=O) groups excluding carboxylic acids is 2. The number of alkyl carbamates (subject to hydrolysis) is 1. The van der Waals surface area contributed by atoms with E-state index in [1.807, 2.05) is 95.3 Å². The molecule has 0 aromatic heterocycles. The maximum absolute atomic E-state index is 13.2. The maximum atomic E-state index is 13.2. The standard InChI is InChI=1S/C43H47N3O3S/c1-31-17-15-26-39(32(31)2)46-40(47)34-19-16-18-33(27-34)28-44-29-38(45-41(48)49-42(3,4)5)30-50-43(35-20-9-6-10-21-35,36-22-11-7-12-23-36)37-24-13-8-14-25-37/h6-27,38,44H,28-30H2,1-5H3,(H,45,48)(H,46,47)/t38-/m1/s1. The Morgan fingerprint density at radius 1 is 0.720 bits per heavy atom. The van der Waals surface area contributed by atoms with Crippen LogP contribution in [-0.4, -0.2) is 35.9 Å². The lowest BCUT2D eigenvalue weighted by Gasteiger charge is -2.37. The third kappa shape index (κ3) is 9.43. The first-order valence-corrected chi connectivity index (χ1v) is 18.0. The van der Waals surface area contributed by atoms with Gasteiger partial charge in [0.1, 0.15) is 5.60 Å². The van der Waals surface area contributed by atoms with Gasteiger partial charge in [0, 0.05) is 30.1 Å². The predicted molar refractivity (Wildman–Crippen MR) is 207 cm³/mol. The molecular formula is C43H47N3O3S. The number of rotatable bonds is 13. The minimum absolute atomic E-state index is 0.152. The highest BCUT2D eigenvalue weighted by atomic mass is 32.2. The zero-order valence-corrected chi connectivity index (χ0v) is 30.3. The van der Waals surface area contributed by atoms with E-state index in [-0.39, 0.29) is 11.9 Å². The van der Waals surface area contributed by atoms with Crippen LogP contribution in [0.25, 0.3) is 0 Å². The highest BCUT2D eigenvalue weighted by Crippen LogP contribution is 2.48. The molecule has 0 aliphatic heterocycles. The minimum Gasteiger partial charge on any atom is -0.444 e. The largest absolute Gasteiger partial charge is 0.444 e. The fourth-order valence-corrected chi connectivity index (χ4v) is 7.47. The Morgan fingerprint density at radius 3 is 1.84 bits per heavy atom. The molecule has 258 valence electrons. The van der Waals surface area contributed by atoms with Gasteiger partial charge in [-0.3, -0.25) is 4.79 Å². The zero-order chi connectivity index (χ0) is 35.6. The van der Waals surface area contributed by atoms with Gasteiger partial charge in [-0.25, -0.2) is 4.79 Å². The topological polar surface area (TPSA) is 79.5 Å². The van der Waals surface area contributed by atoms with Crippen molar-refractivity contribution in [2.75, 3.05) is 17.6 Å². The van der Waals surface area contributed by atoms with Crippen molar-refractivity contribution in [1.82, 2.24) is 10.6 Å². The number of ether oxygens (including phenoxy) is 1. The quantitative estimate of drug-likeness (QED) is 0.108. The Balaban J connectivity index is 1.36. The minimum atomic E-state index is -0.630. The van der Waals surface area contributed by atoms with E-state index in [0.29, 0.717) is 24.4 Å². The summed E-state index contributed by atoms with van der Waals surface area (Å²) in [6.45, 7) is 10.6. The molecule has 0 bridgehead atoms. The van der Waals surface area contributed by atoms with Gasteiger partial charge in [-0.2, -0.15) is 0 Å².